The predicted molar refractivity (Wildman–Crippen MR) is 111 cm³/mol. The molecule has 0 fully saturated rings. The van der Waals surface area contributed by atoms with Crippen molar-refractivity contribution in [3.63, 3.8) is 0 Å². The second-order valence-corrected chi connectivity index (χ2v) is 6.65. The van der Waals surface area contributed by atoms with E-state index in [1.807, 2.05) is 31.2 Å². The Balaban J connectivity index is 2.69. The molecule has 5 nitrogen and oxygen atoms in total. The molecule has 0 aliphatic rings. The summed E-state index contributed by atoms with van der Waals surface area (Å²) in [6, 6.07) is 12.2. The predicted octanol–water partition coefficient (Wildman–Crippen LogP) is 5.25. The minimum Gasteiger partial charge on any atom is -0.462 e. The van der Waals surface area contributed by atoms with Crippen LogP contribution < -0.4 is 5.32 Å². The van der Waals surface area contributed by atoms with E-state index >= 15 is 0 Å². The molecule has 1 N–H and O–H groups in total. The minimum absolute atomic E-state index is 0.105. The lowest BCUT2D eigenvalue weighted by Crippen LogP contribution is -2.22. The number of hydrogen-bond acceptors (Lipinski definition) is 5. The Morgan fingerprint density at radius 2 is 1.50 bits per heavy atom. The standard InChI is InChI=1S/C21H21Cl2NO4/c1-4-27-20(25)18(21(26)28-5-2)19(16-11-8-14(22)12-17(16)23)24-15-9-6-13(3)7-10-15/h6-12,24H,4-5H2,1-3H3. The average Bonchev–Trinajstić information content (AvgIpc) is 2.63. The molecule has 0 aliphatic carbocycles. The van der Waals surface area contributed by atoms with E-state index < -0.39 is 11.9 Å². The molecular formula is C21H21Cl2NO4. The lowest BCUT2D eigenvalue weighted by atomic mass is 10.0. The van der Waals surface area contributed by atoms with Crippen LogP contribution in [0.25, 0.3) is 5.70 Å². The molecule has 0 saturated heterocycles. The van der Waals surface area contributed by atoms with E-state index in [0.29, 0.717) is 16.3 Å². The van der Waals surface area contributed by atoms with Gasteiger partial charge in [0.15, 0.2) is 5.57 Å². The smallest absolute Gasteiger partial charge is 0.347 e. The lowest BCUT2D eigenvalue weighted by Gasteiger charge is -2.17. The molecule has 0 saturated carbocycles. The highest BCUT2D eigenvalue weighted by atomic mass is 35.5. The van der Waals surface area contributed by atoms with Crippen molar-refractivity contribution in [2.24, 2.45) is 0 Å². The highest BCUT2D eigenvalue weighted by Gasteiger charge is 2.28. The first-order chi connectivity index (χ1) is 13.4. The van der Waals surface area contributed by atoms with E-state index in [9.17, 15) is 9.59 Å². The number of hydrogen-bond donors (Lipinski definition) is 1. The molecule has 28 heavy (non-hydrogen) atoms. The first-order valence-electron chi connectivity index (χ1n) is 8.75. The molecule has 0 aliphatic heterocycles. The van der Waals surface area contributed by atoms with Gasteiger partial charge in [-0.05, 0) is 51.1 Å². The van der Waals surface area contributed by atoms with Crippen molar-refractivity contribution in [1.29, 1.82) is 0 Å². The molecule has 148 valence electrons. The van der Waals surface area contributed by atoms with Crippen LogP contribution >= 0.6 is 23.2 Å². The number of carbonyl (C=O) groups is 2. The Morgan fingerprint density at radius 1 is 0.929 bits per heavy atom. The normalized spacial score (nSPS) is 10.2. The number of aryl methyl sites for hydroxylation is 1. The third-order valence-electron chi connectivity index (χ3n) is 3.73. The van der Waals surface area contributed by atoms with Gasteiger partial charge in [-0.15, -0.1) is 0 Å². The summed E-state index contributed by atoms with van der Waals surface area (Å²) >= 11 is 12.4. The van der Waals surface area contributed by atoms with Gasteiger partial charge in [0.05, 0.1) is 23.9 Å². The monoisotopic (exact) mass is 421 g/mol. The molecule has 0 spiro atoms. The molecule has 0 aromatic heterocycles. The van der Waals surface area contributed by atoms with Gasteiger partial charge in [-0.25, -0.2) is 9.59 Å². The van der Waals surface area contributed by atoms with Crippen LogP contribution in [0.2, 0.25) is 10.0 Å². The fourth-order valence-electron chi connectivity index (χ4n) is 2.43. The zero-order chi connectivity index (χ0) is 20.7. The Labute approximate surface area is 174 Å². The number of esters is 2. The average molecular weight is 422 g/mol. The maximum atomic E-state index is 12.6. The third-order valence-corrected chi connectivity index (χ3v) is 4.28. The molecule has 0 radical (unpaired) electrons. The van der Waals surface area contributed by atoms with E-state index in [0.717, 1.165) is 5.56 Å². The van der Waals surface area contributed by atoms with E-state index in [2.05, 4.69) is 5.32 Å². The Hall–Kier alpha value is -2.50. The molecule has 2 aromatic carbocycles. The number of nitrogens with one attached hydrogen (secondary N) is 1. The van der Waals surface area contributed by atoms with Crippen molar-refractivity contribution in [3.8, 4) is 0 Å². The fraction of sp³-hybridized carbons (Fsp3) is 0.238. The maximum absolute atomic E-state index is 12.6. The number of benzene rings is 2. The molecule has 7 heteroatoms. The van der Waals surface area contributed by atoms with Crippen LogP contribution in [0.5, 0.6) is 0 Å². The van der Waals surface area contributed by atoms with Crippen LogP contribution in [0.3, 0.4) is 0 Å². The molecule has 0 heterocycles. The largest absolute Gasteiger partial charge is 0.462 e. The fourth-order valence-corrected chi connectivity index (χ4v) is 2.93. The van der Waals surface area contributed by atoms with Crippen LogP contribution in [0.4, 0.5) is 5.69 Å². The van der Waals surface area contributed by atoms with Crippen molar-refractivity contribution in [3.05, 3.63) is 69.2 Å². The summed E-state index contributed by atoms with van der Waals surface area (Å²) < 4.78 is 10.2. The van der Waals surface area contributed by atoms with Crippen LogP contribution in [0.1, 0.15) is 25.0 Å². The minimum atomic E-state index is -0.804. The maximum Gasteiger partial charge on any atom is 0.347 e. The van der Waals surface area contributed by atoms with E-state index in [1.165, 1.54) is 6.07 Å². The van der Waals surface area contributed by atoms with Gasteiger partial charge in [0.1, 0.15) is 0 Å². The number of anilines is 1. The summed E-state index contributed by atoms with van der Waals surface area (Å²) in [5.41, 5.74) is 2.06. The summed E-state index contributed by atoms with van der Waals surface area (Å²) in [7, 11) is 0. The number of ether oxygens (including phenoxy) is 2. The second-order valence-electron chi connectivity index (χ2n) is 5.81. The van der Waals surface area contributed by atoms with Crippen molar-refractivity contribution < 1.29 is 19.1 Å². The second kappa shape index (κ2) is 10.2. The zero-order valence-electron chi connectivity index (χ0n) is 15.8. The van der Waals surface area contributed by atoms with Gasteiger partial charge in [0.2, 0.25) is 0 Å². The SMILES string of the molecule is CCOC(=O)C(C(=O)OCC)=C(Nc1ccc(C)cc1)c1ccc(Cl)cc1Cl. The molecular weight excluding hydrogens is 401 g/mol. The van der Waals surface area contributed by atoms with Gasteiger partial charge in [-0.3, -0.25) is 0 Å². The summed E-state index contributed by atoms with van der Waals surface area (Å²) in [5.74, 6) is -1.61. The summed E-state index contributed by atoms with van der Waals surface area (Å²) in [6.07, 6.45) is 0. The molecule has 0 unspecified atom stereocenters. The van der Waals surface area contributed by atoms with Gasteiger partial charge in [-0.1, -0.05) is 40.9 Å². The molecule has 0 bridgehead atoms. The van der Waals surface area contributed by atoms with Crippen LogP contribution in [0.15, 0.2) is 48.0 Å². The first kappa shape index (κ1) is 21.8. The van der Waals surface area contributed by atoms with Gasteiger partial charge in [0, 0.05) is 16.3 Å². The number of carbonyl (C=O) groups excluding carboxylic acids is 2. The summed E-state index contributed by atoms with van der Waals surface area (Å²) in [5, 5.41) is 3.81. The lowest BCUT2D eigenvalue weighted by molar-refractivity contribution is -0.146. The third kappa shape index (κ3) is 5.50. The Morgan fingerprint density at radius 3 is 2.00 bits per heavy atom. The highest BCUT2D eigenvalue weighted by Crippen LogP contribution is 2.31. The quantitative estimate of drug-likeness (QED) is 0.286. The van der Waals surface area contributed by atoms with Gasteiger partial charge >= 0.3 is 11.9 Å². The van der Waals surface area contributed by atoms with Crippen LogP contribution in [0, 0.1) is 6.92 Å². The van der Waals surface area contributed by atoms with Crippen molar-refractivity contribution >= 4 is 46.5 Å². The first-order valence-corrected chi connectivity index (χ1v) is 9.50. The Kier molecular flexibility index (Phi) is 7.91. The molecule has 2 rings (SSSR count). The number of halogens is 2. The van der Waals surface area contributed by atoms with Crippen molar-refractivity contribution in [1.82, 2.24) is 0 Å². The van der Waals surface area contributed by atoms with E-state index in [1.54, 1.807) is 26.0 Å². The van der Waals surface area contributed by atoms with Crippen molar-refractivity contribution in [2.75, 3.05) is 18.5 Å². The van der Waals surface area contributed by atoms with Gasteiger partial charge in [-0.2, -0.15) is 0 Å². The van der Waals surface area contributed by atoms with Gasteiger partial charge < -0.3 is 14.8 Å². The van der Waals surface area contributed by atoms with Gasteiger partial charge in [0.25, 0.3) is 0 Å². The molecule has 0 atom stereocenters. The Bertz CT molecular complexity index is 872. The van der Waals surface area contributed by atoms with E-state index in [-0.39, 0.29) is 29.5 Å². The molecule has 0 amide bonds. The zero-order valence-corrected chi connectivity index (χ0v) is 17.4. The van der Waals surface area contributed by atoms with Crippen molar-refractivity contribution in [2.45, 2.75) is 20.8 Å². The summed E-state index contributed by atoms with van der Waals surface area (Å²) in [4.78, 5) is 25.2. The summed E-state index contributed by atoms with van der Waals surface area (Å²) in [6.45, 7) is 5.48. The molecule has 2 aromatic rings. The van der Waals surface area contributed by atoms with E-state index in [4.69, 9.17) is 32.7 Å². The van der Waals surface area contributed by atoms with Crippen LogP contribution in [-0.4, -0.2) is 25.2 Å². The van der Waals surface area contributed by atoms with Crippen LogP contribution in [-0.2, 0) is 19.1 Å². The number of rotatable bonds is 7. The highest BCUT2D eigenvalue weighted by molar-refractivity contribution is 6.36. The topological polar surface area (TPSA) is 64.6 Å².